The number of unbranched alkanes of at least 4 members (excludes halogenated alkanes) is 1. The molecule has 0 spiro atoms. The van der Waals surface area contributed by atoms with Crippen molar-refractivity contribution in [3.63, 3.8) is 0 Å². The lowest BCUT2D eigenvalue weighted by Gasteiger charge is -2.13. The van der Waals surface area contributed by atoms with Crippen molar-refractivity contribution in [2.24, 2.45) is 5.73 Å². The Morgan fingerprint density at radius 3 is 3.00 bits per heavy atom. The molecular weight excluding hydrogens is 136 g/mol. The maximum atomic E-state index is 5.77. The average molecular weight is 154 g/mol. The molecule has 64 valence electrons. The van der Waals surface area contributed by atoms with E-state index in [9.17, 15) is 0 Å². The quantitative estimate of drug-likeness (QED) is 0.483. The molecule has 1 aliphatic rings. The minimum atomic E-state index is 0.429. The van der Waals surface area contributed by atoms with Gasteiger partial charge in [0.15, 0.2) is 0 Å². The van der Waals surface area contributed by atoms with Crippen LogP contribution in [0.4, 0.5) is 0 Å². The van der Waals surface area contributed by atoms with Gasteiger partial charge in [-0.15, -0.1) is 6.58 Å². The molecule has 1 aliphatic heterocycles. The van der Waals surface area contributed by atoms with Gasteiger partial charge in [-0.1, -0.05) is 6.08 Å². The highest BCUT2D eigenvalue weighted by atomic mass is 15.2. The fourth-order valence-electron chi connectivity index (χ4n) is 1.52. The number of rotatable bonds is 4. The molecule has 2 heteroatoms. The van der Waals surface area contributed by atoms with E-state index < -0.39 is 0 Å². The van der Waals surface area contributed by atoms with E-state index in [2.05, 4.69) is 11.5 Å². The second-order valence-corrected chi connectivity index (χ2v) is 3.28. The zero-order chi connectivity index (χ0) is 8.10. The molecule has 11 heavy (non-hydrogen) atoms. The summed E-state index contributed by atoms with van der Waals surface area (Å²) in [5.41, 5.74) is 5.77. The van der Waals surface area contributed by atoms with Crippen molar-refractivity contribution in [2.45, 2.75) is 25.3 Å². The highest BCUT2D eigenvalue weighted by Crippen LogP contribution is 2.07. The lowest BCUT2D eigenvalue weighted by molar-refractivity contribution is 0.330. The Hall–Kier alpha value is -0.340. The number of allylic oxidation sites excluding steroid dienone is 1. The van der Waals surface area contributed by atoms with Gasteiger partial charge in [0.05, 0.1) is 0 Å². The zero-order valence-electron chi connectivity index (χ0n) is 7.13. The lowest BCUT2D eigenvalue weighted by Crippen LogP contribution is -2.27. The van der Waals surface area contributed by atoms with Crippen LogP contribution in [0.2, 0.25) is 0 Å². The first kappa shape index (κ1) is 8.75. The van der Waals surface area contributed by atoms with Gasteiger partial charge in [-0.25, -0.2) is 0 Å². The van der Waals surface area contributed by atoms with Gasteiger partial charge >= 0.3 is 0 Å². The Kier molecular flexibility index (Phi) is 3.60. The van der Waals surface area contributed by atoms with Crippen LogP contribution in [-0.4, -0.2) is 30.6 Å². The van der Waals surface area contributed by atoms with Gasteiger partial charge in [0, 0.05) is 12.6 Å². The number of likely N-dealkylation sites (tertiary alicyclic amines) is 1. The van der Waals surface area contributed by atoms with Crippen molar-refractivity contribution in [1.29, 1.82) is 0 Å². The van der Waals surface area contributed by atoms with Crippen molar-refractivity contribution in [3.05, 3.63) is 12.7 Å². The highest BCUT2D eigenvalue weighted by Gasteiger charge is 2.17. The topological polar surface area (TPSA) is 29.3 Å². The Labute approximate surface area is 69.1 Å². The predicted octanol–water partition coefficient (Wildman–Crippen LogP) is 0.986. The van der Waals surface area contributed by atoms with Gasteiger partial charge in [-0.2, -0.15) is 0 Å². The van der Waals surface area contributed by atoms with Crippen LogP contribution in [0.15, 0.2) is 12.7 Å². The SMILES string of the molecule is C=CCCCN1CC[C@H](N)C1. The molecule has 0 unspecified atom stereocenters. The summed E-state index contributed by atoms with van der Waals surface area (Å²) in [5, 5.41) is 0. The summed E-state index contributed by atoms with van der Waals surface area (Å²) in [6, 6.07) is 0.429. The molecular formula is C9H18N2. The molecule has 1 rings (SSSR count). The van der Waals surface area contributed by atoms with E-state index in [4.69, 9.17) is 5.73 Å². The summed E-state index contributed by atoms with van der Waals surface area (Å²) < 4.78 is 0. The van der Waals surface area contributed by atoms with Crippen LogP contribution in [0.5, 0.6) is 0 Å². The van der Waals surface area contributed by atoms with Crippen molar-refractivity contribution < 1.29 is 0 Å². The summed E-state index contributed by atoms with van der Waals surface area (Å²) in [4.78, 5) is 2.44. The molecule has 1 atom stereocenters. The largest absolute Gasteiger partial charge is 0.326 e. The molecule has 0 amide bonds. The first-order valence-electron chi connectivity index (χ1n) is 4.42. The Morgan fingerprint density at radius 2 is 2.45 bits per heavy atom. The third-order valence-electron chi connectivity index (χ3n) is 2.19. The van der Waals surface area contributed by atoms with Gasteiger partial charge in [-0.05, 0) is 32.4 Å². The molecule has 2 N–H and O–H groups in total. The van der Waals surface area contributed by atoms with Crippen LogP contribution in [0.25, 0.3) is 0 Å². The molecule has 1 fully saturated rings. The molecule has 0 aromatic carbocycles. The fourth-order valence-corrected chi connectivity index (χ4v) is 1.52. The van der Waals surface area contributed by atoms with E-state index in [0.29, 0.717) is 6.04 Å². The van der Waals surface area contributed by atoms with Crippen molar-refractivity contribution >= 4 is 0 Å². The summed E-state index contributed by atoms with van der Waals surface area (Å²) in [5.74, 6) is 0. The average Bonchev–Trinajstić information content (AvgIpc) is 2.37. The molecule has 0 aromatic heterocycles. The van der Waals surface area contributed by atoms with E-state index in [0.717, 1.165) is 13.0 Å². The Balaban J connectivity index is 2.03. The molecule has 0 radical (unpaired) electrons. The van der Waals surface area contributed by atoms with Gasteiger partial charge < -0.3 is 10.6 Å². The van der Waals surface area contributed by atoms with Crippen LogP contribution >= 0.6 is 0 Å². The predicted molar refractivity (Wildman–Crippen MR) is 48.5 cm³/mol. The summed E-state index contributed by atoms with van der Waals surface area (Å²) >= 11 is 0. The van der Waals surface area contributed by atoms with Gasteiger partial charge in [0.2, 0.25) is 0 Å². The fraction of sp³-hybridized carbons (Fsp3) is 0.778. The minimum Gasteiger partial charge on any atom is -0.326 e. The van der Waals surface area contributed by atoms with Crippen LogP contribution in [0.3, 0.4) is 0 Å². The zero-order valence-corrected chi connectivity index (χ0v) is 7.13. The van der Waals surface area contributed by atoms with Crippen molar-refractivity contribution in [2.75, 3.05) is 19.6 Å². The van der Waals surface area contributed by atoms with E-state index in [-0.39, 0.29) is 0 Å². The molecule has 0 aromatic rings. The molecule has 0 saturated carbocycles. The number of nitrogens with zero attached hydrogens (tertiary/aromatic N) is 1. The van der Waals surface area contributed by atoms with Crippen molar-refractivity contribution in [1.82, 2.24) is 4.90 Å². The molecule has 1 heterocycles. The second kappa shape index (κ2) is 4.52. The van der Waals surface area contributed by atoms with E-state index in [1.165, 1.54) is 25.9 Å². The molecule has 1 saturated heterocycles. The summed E-state index contributed by atoms with van der Waals surface area (Å²) in [6.45, 7) is 7.18. The maximum absolute atomic E-state index is 5.77. The number of nitrogens with two attached hydrogens (primary N) is 1. The van der Waals surface area contributed by atoms with Crippen LogP contribution in [0, 0.1) is 0 Å². The van der Waals surface area contributed by atoms with Gasteiger partial charge in [0.1, 0.15) is 0 Å². The Morgan fingerprint density at radius 1 is 1.64 bits per heavy atom. The van der Waals surface area contributed by atoms with Gasteiger partial charge in [-0.3, -0.25) is 0 Å². The standard InChI is InChI=1S/C9H18N2/c1-2-3-4-6-11-7-5-9(10)8-11/h2,9H,1,3-8,10H2/t9-/m0/s1. The normalized spacial score (nSPS) is 25.7. The van der Waals surface area contributed by atoms with E-state index >= 15 is 0 Å². The number of hydrogen-bond acceptors (Lipinski definition) is 2. The minimum absolute atomic E-state index is 0.429. The van der Waals surface area contributed by atoms with Crippen LogP contribution < -0.4 is 5.73 Å². The highest BCUT2D eigenvalue weighted by molar-refractivity contribution is 4.78. The summed E-state index contributed by atoms with van der Waals surface area (Å²) in [7, 11) is 0. The molecule has 0 bridgehead atoms. The first-order chi connectivity index (χ1) is 5.33. The van der Waals surface area contributed by atoms with Crippen molar-refractivity contribution in [3.8, 4) is 0 Å². The smallest absolute Gasteiger partial charge is 0.0180 e. The lowest BCUT2D eigenvalue weighted by atomic mass is 10.3. The number of hydrogen-bond donors (Lipinski definition) is 1. The first-order valence-corrected chi connectivity index (χ1v) is 4.42. The third-order valence-corrected chi connectivity index (χ3v) is 2.19. The Bertz CT molecular complexity index is 123. The van der Waals surface area contributed by atoms with E-state index in [1.54, 1.807) is 0 Å². The molecule has 0 aliphatic carbocycles. The monoisotopic (exact) mass is 154 g/mol. The molecule has 2 nitrogen and oxygen atoms in total. The second-order valence-electron chi connectivity index (χ2n) is 3.28. The van der Waals surface area contributed by atoms with Crippen LogP contribution in [-0.2, 0) is 0 Å². The van der Waals surface area contributed by atoms with E-state index in [1.807, 2.05) is 6.08 Å². The third kappa shape index (κ3) is 3.04. The summed E-state index contributed by atoms with van der Waals surface area (Å²) in [6.07, 6.45) is 5.52. The van der Waals surface area contributed by atoms with Gasteiger partial charge in [0.25, 0.3) is 0 Å². The maximum Gasteiger partial charge on any atom is 0.0180 e. The van der Waals surface area contributed by atoms with Crippen LogP contribution in [0.1, 0.15) is 19.3 Å².